The van der Waals surface area contributed by atoms with Gasteiger partial charge in [0.15, 0.2) is 0 Å². The minimum Gasteiger partial charge on any atom is -0.114 e. The minimum atomic E-state index is 0. The molecule has 28 valence electrons. The van der Waals surface area contributed by atoms with E-state index in [4.69, 9.17) is 0 Å². The first-order valence-corrected chi connectivity index (χ1v) is 0. The lowest BCUT2D eigenvalue weighted by molar-refractivity contribution is 5.75. The highest BCUT2D eigenvalue weighted by Crippen LogP contribution is 0.848. The number of hydrogen-bond donors (Lipinski definition) is 0. The highest BCUT2D eigenvalue weighted by atomic mass is 79.9. The molecule has 0 aliphatic heterocycles. The Morgan fingerprint density at radius 1 is 0.500 bits per heavy atom. The van der Waals surface area contributed by atoms with Gasteiger partial charge in [-0.2, -0.15) is 0 Å². The lowest BCUT2D eigenvalue weighted by atomic mass is 28.1. The van der Waals surface area contributed by atoms with Gasteiger partial charge >= 0.3 is 0 Å². The molecule has 4 radical (unpaired) electrons. The van der Waals surface area contributed by atoms with Gasteiger partial charge in [-0.15, -0.1) is 50.9 Å². The quantitative estimate of drug-likeness (QED) is 0.583. The molecule has 0 atom stereocenters. The van der Waals surface area contributed by atoms with E-state index in [0.717, 1.165) is 0 Å². The Kier molecular flexibility index (Phi) is 253. The second kappa shape index (κ2) is 22.7. The maximum atomic E-state index is 0. The molecule has 0 spiro atoms. The summed E-state index contributed by atoms with van der Waals surface area (Å²) in [6.07, 6.45) is 0. The molecule has 4 heavy (non-hydrogen) atoms. The standard InChI is InChI=1S/3BrH.Si/h3*1H;. The van der Waals surface area contributed by atoms with Gasteiger partial charge in [-0.25, -0.2) is 0 Å². The van der Waals surface area contributed by atoms with Crippen molar-refractivity contribution in [3.05, 3.63) is 0 Å². The average Bonchev–Trinajstić information content (AvgIpc) is 0. The molecule has 0 aromatic heterocycles. The smallest absolute Gasteiger partial charge is 0 e. The molecule has 0 aliphatic carbocycles. The highest BCUT2D eigenvalue weighted by Gasteiger charge is 0.0000269. The van der Waals surface area contributed by atoms with Crippen molar-refractivity contribution < 1.29 is 0 Å². The van der Waals surface area contributed by atoms with E-state index in [9.17, 15) is 0 Å². The fraction of sp³-hybridized carbons (Fsp3) is 0. The normalized spacial score (nSPS) is 0. The lowest BCUT2D eigenvalue weighted by Gasteiger charge is -0.115. The summed E-state index contributed by atoms with van der Waals surface area (Å²) >= 11 is 0. The first-order chi connectivity index (χ1) is 0. The minimum absolute atomic E-state index is 0. The molecule has 4 heteroatoms. The molecule has 0 heterocycles. The van der Waals surface area contributed by atoms with Gasteiger partial charge < -0.3 is 0 Å². The van der Waals surface area contributed by atoms with Crippen LogP contribution < -0.4 is 0 Å². The van der Waals surface area contributed by atoms with Crippen LogP contribution in [-0.2, 0) is 0 Å². The van der Waals surface area contributed by atoms with E-state index >= 15 is 0 Å². The molecule has 0 aliphatic rings. The average molecular weight is 271 g/mol. The van der Waals surface area contributed by atoms with Crippen LogP contribution in [0.5, 0.6) is 0 Å². The summed E-state index contributed by atoms with van der Waals surface area (Å²) < 4.78 is 0. The van der Waals surface area contributed by atoms with E-state index < -0.39 is 0 Å². The molecular formula is H3Br3Si. The summed E-state index contributed by atoms with van der Waals surface area (Å²) in [7, 11) is 0. The van der Waals surface area contributed by atoms with Crippen LogP contribution in [0.3, 0.4) is 0 Å². The Labute approximate surface area is 61.7 Å². The first-order valence-electron chi connectivity index (χ1n) is 0. The van der Waals surface area contributed by atoms with Gasteiger partial charge in [-0.3, -0.25) is 0 Å². The summed E-state index contributed by atoms with van der Waals surface area (Å²) in [6.45, 7) is 0. The number of rotatable bonds is 0. The molecule has 0 N–H and O–H groups in total. The Balaban J connectivity index is 0. The maximum Gasteiger partial charge on any atom is 0 e. The summed E-state index contributed by atoms with van der Waals surface area (Å²) in [5.74, 6) is 0. The van der Waals surface area contributed by atoms with Crippen molar-refractivity contribution in [3.8, 4) is 0 Å². The van der Waals surface area contributed by atoms with Crippen molar-refractivity contribution in [2.45, 2.75) is 0 Å². The Hall–Kier alpha value is 1.66. The number of halogens is 3. The molecule has 0 nitrogen and oxygen atoms in total. The second-order valence-electron chi connectivity index (χ2n) is 0. The Morgan fingerprint density at radius 2 is 0.500 bits per heavy atom. The molecular weight excluding hydrogens is 268 g/mol. The molecule has 0 aromatic carbocycles. The van der Waals surface area contributed by atoms with Gasteiger partial charge in [-0.05, 0) is 0 Å². The predicted octanol–water partition coefficient (Wildman–Crippen LogP) is 1.35. The van der Waals surface area contributed by atoms with Gasteiger partial charge in [0.1, 0.15) is 0 Å². The third kappa shape index (κ3) is 9.40. The zero-order valence-electron chi connectivity index (χ0n) is 1.72. The Morgan fingerprint density at radius 3 is 0.500 bits per heavy atom. The number of hydrogen-bond acceptors (Lipinski definition) is 0. The van der Waals surface area contributed by atoms with Crippen molar-refractivity contribution in [1.82, 2.24) is 0 Å². The fourth-order valence-corrected chi connectivity index (χ4v) is 0. The molecule has 0 bridgehead atoms. The van der Waals surface area contributed by atoms with Crippen LogP contribution in [0.4, 0.5) is 0 Å². The molecule has 0 saturated heterocycles. The van der Waals surface area contributed by atoms with Gasteiger partial charge in [0.2, 0.25) is 0 Å². The lowest BCUT2D eigenvalue weighted by Crippen LogP contribution is -0.381. The SMILES string of the molecule is Br.Br.Br.[Si]. The summed E-state index contributed by atoms with van der Waals surface area (Å²) in [5.41, 5.74) is 0. The summed E-state index contributed by atoms with van der Waals surface area (Å²) in [4.78, 5) is 0. The fourth-order valence-electron chi connectivity index (χ4n) is 0. The molecule has 0 aromatic rings. The van der Waals surface area contributed by atoms with E-state index in [1.807, 2.05) is 0 Å². The van der Waals surface area contributed by atoms with Crippen LogP contribution in [0.1, 0.15) is 0 Å². The van der Waals surface area contributed by atoms with Crippen LogP contribution >= 0.6 is 50.9 Å². The van der Waals surface area contributed by atoms with E-state index in [2.05, 4.69) is 0 Å². The van der Waals surface area contributed by atoms with Crippen molar-refractivity contribution in [2.75, 3.05) is 0 Å². The monoisotopic (exact) mass is 268 g/mol. The highest BCUT2D eigenvalue weighted by molar-refractivity contribution is 8.93. The third-order valence-electron chi connectivity index (χ3n) is 0. The van der Waals surface area contributed by atoms with E-state index in [-0.39, 0.29) is 61.9 Å². The van der Waals surface area contributed by atoms with E-state index in [1.54, 1.807) is 0 Å². The van der Waals surface area contributed by atoms with Gasteiger partial charge in [0, 0.05) is 11.0 Å². The van der Waals surface area contributed by atoms with Crippen molar-refractivity contribution >= 4 is 61.9 Å². The first kappa shape index (κ1) is 44.7. The third-order valence-corrected chi connectivity index (χ3v) is 0. The van der Waals surface area contributed by atoms with Crippen molar-refractivity contribution in [3.63, 3.8) is 0 Å². The van der Waals surface area contributed by atoms with Gasteiger partial charge in [0.05, 0.1) is 0 Å². The van der Waals surface area contributed by atoms with Crippen LogP contribution in [-0.4, -0.2) is 11.0 Å². The molecule has 0 saturated carbocycles. The van der Waals surface area contributed by atoms with Crippen LogP contribution in [0, 0.1) is 0 Å². The summed E-state index contributed by atoms with van der Waals surface area (Å²) in [5, 5.41) is 0. The van der Waals surface area contributed by atoms with Crippen molar-refractivity contribution in [1.29, 1.82) is 0 Å². The zero-order chi connectivity index (χ0) is 0. The largest absolute Gasteiger partial charge is 0.114 e. The maximum absolute atomic E-state index is 0. The Bertz CT molecular complexity index is 3.25. The van der Waals surface area contributed by atoms with E-state index in [0.29, 0.717) is 0 Å². The molecule has 0 fully saturated rings. The summed E-state index contributed by atoms with van der Waals surface area (Å²) in [6, 6.07) is 0. The second-order valence-corrected chi connectivity index (χ2v) is 0. The van der Waals surface area contributed by atoms with Gasteiger partial charge in [0.25, 0.3) is 0 Å². The predicted molar refractivity (Wildman–Crippen MR) is 36.7 cm³/mol. The van der Waals surface area contributed by atoms with Crippen LogP contribution in [0.15, 0.2) is 0 Å². The zero-order valence-corrected chi connectivity index (χ0v) is 7.86. The topological polar surface area (TPSA) is 0 Å². The van der Waals surface area contributed by atoms with Crippen LogP contribution in [0.2, 0.25) is 0 Å². The van der Waals surface area contributed by atoms with Crippen LogP contribution in [0.25, 0.3) is 0 Å². The van der Waals surface area contributed by atoms with Gasteiger partial charge in [-0.1, -0.05) is 0 Å². The molecule has 0 rings (SSSR count). The molecule has 0 amide bonds. The van der Waals surface area contributed by atoms with E-state index in [1.165, 1.54) is 0 Å². The molecule has 0 unspecified atom stereocenters. The van der Waals surface area contributed by atoms with Crippen molar-refractivity contribution in [2.24, 2.45) is 0 Å².